The van der Waals surface area contributed by atoms with Gasteiger partial charge in [0.2, 0.25) is 0 Å². The SMILES string of the molecule is CC(C)(C)C(=O)CC(c1ccccc1)c1cccc(CC(C)(C)C(=O)c2ccccn2)c1. The summed E-state index contributed by atoms with van der Waals surface area (Å²) >= 11 is 0. The van der Waals surface area contributed by atoms with E-state index < -0.39 is 5.41 Å². The second kappa shape index (κ2) is 9.60. The Bertz CT molecular complexity index is 1060. The van der Waals surface area contributed by atoms with E-state index in [-0.39, 0.29) is 22.9 Å². The number of benzene rings is 2. The van der Waals surface area contributed by atoms with Gasteiger partial charge in [-0.1, -0.05) is 95.3 Å². The van der Waals surface area contributed by atoms with Crippen molar-refractivity contribution < 1.29 is 9.59 Å². The highest BCUT2D eigenvalue weighted by molar-refractivity contribution is 5.98. The van der Waals surface area contributed by atoms with E-state index in [2.05, 4.69) is 35.3 Å². The number of carbonyl (C=O) groups excluding carboxylic acids is 2. The Balaban J connectivity index is 1.90. The van der Waals surface area contributed by atoms with Crippen LogP contribution in [0.5, 0.6) is 0 Å². The molecule has 3 nitrogen and oxygen atoms in total. The van der Waals surface area contributed by atoms with Gasteiger partial charge in [0.1, 0.15) is 11.5 Å². The second-order valence-corrected chi connectivity index (χ2v) is 10.2. The first-order valence-corrected chi connectivity index (χ1v) is 11.2. The molecule has 2 aromatic carbocycles. The average Bonchev–Trinajstić information content (AvgIpc) is 2.77. The molecular formula is C29H33NO2. The molecule has 0 bridgehead atoms. The zero-order valence-electron chi connectivity index (χ0n) is 19.8. The van der Waals surface area contributed by atoms with Crippen molar-refractivity contribution in [3.8, 4) is 0 Å². The number of nitrogens with zero attached hydrogens (tertiary/aromatic N) is 1. The van der Waals surface area contributed by atoms with Gasteiger partial charge in [-0.05, 0) is 35.2 Å². The number of hydrogen-bond acceptors (Lipinski definition) is 3. The molecule has 0 saturated heterocycles. The first-order chi connectivity index (χ1) is 15.1. The van der Waals surface area contributed by atoms with Crippen LogP contribution in [0.2, 0.25) is 0 Å². The van der Waals surface area contributed by atoms with Crippen LogP contribution in [0.1, 0.15) is 74.1 Å². The van der Waals surface area contributed by atoms with Gasteiger partial charge >= 0.3 is 0 Å². The molecule has 0 fully saturated rings. The molecule has 1 atom stereocenters. The molecule has 166 valence electrons. The molecule has 0 aliphatic heterocycles. The molecule has 3 rings (SSSR count). The standard InChI is InChI=1S/C29H33NO2/c1-28(2,3)26(31)19-24(22-13-7-6-8-14-22)23-15-11-12-21(18-23)20-29(4,5)27(32)25-16-9-10-17-30-25/h6-18,24H,19-20H2,1-5H3. The quantitative estimate of drug-likeness (QED) is 0.377. The molecule has 3 aromatic rings. The fourth-order valence-electron chi connectivity index (χ4n) is 3.96. The summed E-state index contributed by atoms with van der Waals surface area (Å²) in [4.78, 5) is 30.2. The molecule has 0 saturated carbocycles. The summed E-state index contributed by atoms with van der Waals surface area (Å²) in [7, 11) is 0. The number of hydrogen-bond donors (Lipinski definition) is 0. The number of ketones is 2. The third-order valence-electron chi connectivity index (χ3n) is 5.94. The fourth-order valence-corrected chi connectivity index (χ4v) is 3.96. The molecule has 1 heterocycles. The Hall–Kier alpha value is -3.07. The molecule has 0 N–H and O–H groups in total. The minimum Gasteiger partial charge on any atom is -0.299 e. The van der Waals surface area contributed by atoms with E-state index in [0.29, 0.717) is 18.5 Å². The predicted molar refractivity (Wildman–Crippen MR) is 130 cm³/mol. The van der Waals surface area contributed by atoms with Gasteiger partial charge in [0.25, 0.3) is 0 Å². The number of pyridine rings is 1. The highest BCUT2D eigenvalue weighted by Gasteiger charge is 2.31. The predicted octanol–water partition coefficient (Wildman–Crippen LogP) is 6.67. The lowest BCUT2D eigenvalue weighted by molar-refractivity contribution is -0.126. The van der Waals surface area contributed by atoms with Crippen LogP contribution in [0.15, 0.2) is 79.0 Å². The maximum atomic E-state index is 13.1. The van der Waals surface area contributed by atoms with E-state index >= 15 is 0 Å². The first kappa shape index (κ1) is 23.6. The maximum absolute atomic E-state index is 13.1. The van der Waals surface area contributed by atoms with Crippen molar-refractivity contribution in [2.75, 3.05) is 0 Å². The van der Waals surface area contributed by atoms with Crippen LogP contribution >= 0.6 is 0 Å². The van der Waals surface area contributed by atoms with Gasteiger partial charge in [-0.3, -0.25) is 14.6 Å². The highest BCUT2D eigenvalue weighted by atomic mass is 16.1. The van der Waals surface area contributed by atoms with E-state index in [1.165, 1.54) is 0 Å². The van der Waals surface area contributed by atoms with Crippen LogP contribution in [-0.4, -0.2) is 16.6 Å². The molecule has 0 amide bonds. The van der Waals surface area contributed by atoms with Crippen LogP contribution < -0.4 is 0 Å². The van der Waals surface area contributed by atoms with Gasteiger partial charge in [-0.2, -0.15) is 0 Å². The lowest BCUT2D eigenvalue weighted by Crippen LogP contribution is -2.27. The Kier molecular flexibility index (Phi) is 7.08. The van der Waals surface area contributed by atoms with Crippen molar-refractivity contribution in [3.63, 3.8) is 0 Å². The van der Waals surface area contributed by atoms with Crippen LogP contribution in [0.3, 0.4) is 0 Å². The highest BCUT2D eigenvalue weighted by Crippen LogP contribution is 2.34. The molecular weight excluding hydrogens is 394 g/mol. The van der Waals surface area contributed by atoms with E-state index in [0.717, 1.165) is 16.7 Å². The van der Waals surface area contributed by atoms with Gasteiger partial charge in [-0.25, -0.2) is 0 Å². The molecule has 0 aliphatic carbocycles. The molecule has 32 heavy (non-hydrogen) atoms. The van der Waals surface area contributed by atoms with Crippen LogP contribution in [0.25, 0.3) is 0 Å². The molecule has 0 aliphatic rings. The van der Waals surface area contributed by atoms with Crippen LogP contribution in [-0.2, 0) is 11.2 Å². The summed E-state index contributed by atoms with van der Waals surface area (Å²) in [5.41, 5.74) is 2.84. The van der Waals surface area contributed by atoms with E-state index in [4.69, 9.17) is 0 Å². The smallest absolute Gasteiger partial charge is 0.187 e. The number of rotatable bonds is 8. The summed E-state index contributed by atoms with van der Waals surface area (Å²) in [5.74, 6) is 0.255. The Morgan fingerprint density at radius 2 is 1.47 bits per heavy atom. The minimum atomic E-state index is -0.587. The number of aromatic nitrogens is 1. The molecule has 1 unspecified atom stereocenters. The van der Waals surface area contributed by atoms with Gasteiger partial charge in [0.15, 0.2) is 5.78 Å². The van der Waals surface area contributed by atoms with Crippen molar-refractivity contribution >= 4 is 11.6 Å². The summed E-state index contributed by atoms with van der Waals surface area (Å²) in [6, 6.07) is 24.0. The summed E-state index contributed by atoms with van der Waals surface area (Å²) in [6.45, 7) is 9.85. The van der Waals surface area contributed by atoms with Gasteiger partial charge in [0.05, 0.1) is 0 Å². The monoisotopic (exact) mass is 427 g/mol. The lowest BCUT2D eigenvalue weighted by atomic mass is 9.77. The zero-order chi connectivity index (χ0) is 23.4. The first-order valence-electron chi connectivity index (χ1n) is 11.2. The summed E-state index contributed by atoms with van der Waals surface area (Å²) < 4.78 is 0. The van der Waals surface area contributed by atoms with E-state index in [1.54, 1.807) is 12.3 Å². The summed E-state index contributed by atoms with van der Waals surface area (Å²) in [5, 5.41) is 0. The number of carbonyl (C=O) groups is 2. The van der Waals surface area contributed by atoms with Crippen LogP contribution in [0, 0.1) is 10.8 Å². The summed E-state index contributed by atoms with van der Waals surface area (Å²) in [6.07, 6.45) is 2.71. The van der Waals surface area contributed by atoms with Crippen molar-refractivity contribution in [1.29, 1.82) is 0 Å². The fraction of sp³-hybridized carbons (Fsp3) is 0.345. The van der Waals surface area contributed by atoms with Crippen LogP contribution in [0.4, 0.5) is 0 Å². The van der Waals surface area contributed by atoms with E-state index in [1.807, 2.05) is 71.0 Å². The topological polar surface area (TPSA) is 47.0 Å². The largest absolute Gasteiger partial charge is 0.299 e. The molecule has 0 radical (unpaired) electrons. The van der Waals surface area contributed by atoms with E-state index in [9.17, 15) is 9.59 Å². The molecule has 0 spiro atoms. The zero-order valence-corrected chi connectivity index (χ0v) is 19.8. The normalized spacial score (nSPS) is 12.9. The Labute approximate surface area is 191 Å². The van der Waals surface area contributed by atoms with Crippen molar-refractivity contribution in [3.05, 3.63) is 101 Å². The lowest BCUT2D eigenvalue weighted by Gasteiger charge is -2.25. The third-order valence-corrected chi connectivity index (χ3v) is 5.94. The van der Waals surface area contributed by atoms with Crippen molar-refractivity contribution in [2.24, 2.45) is 10.8 Å². The Morgan fingerprint density at radius 1 is 0.812 bits per heavy atom. The number of Topliss-reactive ketones (excluding diaryl/α,β-unsaturated/α-hetero) is 2. The third kappa shape index (κ3) is 5.79. The second-order valence-electron chi connectivity index (χ2n) is 10.2. The Morgan fingerprint density at radius 3 is 2.09 bits per heavy atom. The van der Waals surface area contributed by atoms with Crippen molar-refractivity contribution in [1.82, 2.24) is 4.98 Å². The van der Waals surface area contributed by atoms with Crippen molar-refractivity contribution in [2.45, 2.75) is 53.4 Å². The minimum absolute atomic E-state index is 0.0162. The maximum Gasteiger partial charge on any atom is 0.187 e. The van der Waals surface area contributed by atoms with Gasteiger partial charge < -0.3 is 0 Å². The molecule has 1 aromatic heterocycles. The van der Waals surface area contributed by atoms with Gasteiger partial charge in [0, 0.05) is 29.4 Å². The molecule has 3 heteroatoms. The average molecular weight is 428 g/mol. The van der Waals surface area contributed by atoms with Gasteiger partial charge in [-0.15, -0.1) is 0 Å².